The second-order valence-corrected chi connectivity index (χ2v) is 5.42. The minimum absolute atomic E-state index is 0.0436. The van der Waals surface area contributed by atoms with Crippen molar-refractivity contribution in [2.24, 2.45) is 0 Å². The van der Waals surface area contributed by atoms with Gasteiger partial charge >= 0.3 is 0 Å². The largest absolute Gasteiger partial charge is 0.289 e. The molecule has 106 valence electrons. The van der Waals surface area contributed by atoms with Crippen LogP contribution >= 0.6 is 15.9 Å². The molecule has 0 aromatic heterocycles. The van der Waals surface area contributed by atoms with E-state index in [2.05, 4.69) is 15.9 Å². The number of rotatable bonds is 4. The number of carbonyl (C=O) groups is 1. The van der Waals surface area contributed by atoms with Crippen molar-refractivity contribution in [3.05, 3.63) is 79.8 Å². The Bertz CT molecular complexity index is 721. The van der Waals surface area contributed by atoms with Crippen molar-refractivity contribution in [2.45, 2.75) is 6.92 Å². The van der Waals surface area contributed by atoms with E-state index in [0.717, 1.165) is 10.0 Å². The van der Waals surface area contributed by atoms with E-state index in [1.54, 1.807) is 25.1 Å². The molecule has 0 saturated heterocycles. The molecule has 0 heterocycles. The van der Waals surface area contributed by atoms with Crippen LogP contribution in [0, 0.1) is 17.0 Å². The van der Waals surface area contributed by atoms with E-state index in [1.807, 2.05) is 24.3 Å². The Morgan fingerprint density at radius 2 is 1.86 bits per heavy atom. The number of ketones is 1. The Morgan fingerprint density at radius 3 is 2.48 bits per heavy atom. The van der Waals surface area contributed by atoms with Gasteiger partial charge in [0.2, 0.25) is 0 Å². The number of hydrogen-bond donors (Lipinski definition) is 0. The first-order chi connectivity index (χ1) is 9.97. The number of halogens is 1. The fourth-order valence-corrected chi connectivity index (χ4v) is 2.07. The number of nitro groups is 1. The molecule has 0 radical (unpaired) electrons. The van der Waals surface area contributed by atoms with Crippen LogP contribution in [0.4, 0.5) is 5.69 Å². The molecule has 5 heteroatoms. The highest BCUT2D eigenvalue weighted by Gasteiger charge is 2.13. The summed E-state index contributed by atoms with van der Waals surface area (Å²) < 4.78 is 0.958. The molecule has 0 fully saturated rings. The van der Waals surface area contributed by atoms with Crippen LogP contribution in [-0.4, -0.2) is 10.7 Å². The van der Waals surface area contributed by atoms with E-state index in [-0.39, 0.29) is 11.5 Å². The van der Waals surface area contributed by atoms with Crippen LogP contribution in [0.15, 0.2) is 53.0 Å². The summed E-state index contributed by atoms with van der Waals surface area (Å²) in [6, 6.07) is 12.0. The number of aryl methyl sites for hydroxylation is 1. The van der Waals surface area contributed by atoms with E-state index in [4.69, 9.17) is 0 Å². The highest BCUT2D eigenvalue weighted by atomic mass is 79.9. The zero-order valence-electron chi connectivity index (χ0n) is 11.2. The van der Waals surface area contributed by atoms with Gasteiger partial charge < -0.3 is 0 Å². The van der Waals surface area contributed by atoms with Gasteiger partial charge in [-0.2, -0.15) is 0 Å². The first-order valence-corrected chi connectivity index (χ1v) is 6.99. The SMILES string of the molecule is Cc1ccc(C(=O)/C=C/c2ccc(Br)cc2)cc1[N+](=O)[O-]. The number of benzene rings is 2. The minimum atomic E-state index is -0.482. The topological polar surface area (TPSA) is 60.2 Å². The quantitative estimate of drug-likeness (QED) is 0.353. The molecule has 0 amide bonds. The average Bonchev–Trinajstić information content (AvgIpc) is 2.46. The molecular formula is C16H12BrNO3. The molecule has 0 atom stereocenters. The molecule has 0 aliphatic heterocycles. The molecule has 0 unspecified atom stereocenters. The minimum Gasteiger partial charge on any atom is -0.289 e. The van der Waals surface area contributed by atoms with Crippen LogP contribution in [0.1, 0.15) is 21.5 Å². The Morgan fingerprint density at radius 1 is 1.19 bits per heavy atom. The van der Waals surface area contributed by atoms with Crippen LogP contribution in [-0.2, 0) is 0 Å². The molecule has 2 aromatic rings. The van der Waals surface area contributed by atoms with Crippen LogP contribution in [0.5, 0.6) is 0 Å². The Kier molecular flexibility index (Phi) is 4.65. The van der Waals surface area contributed by atoms with Crippen LogP contribution in [0.25, 0.3) is 6.08 Å². The highest BCUT2D eigenvalue weighted by molar-refractivity contribution is 9.10. The van der Waals surface area contributed by atoms with Gasteiger partial charge in [0, 0.05) is 21.7 Å². The fourth-order valence-electron chi connectivity index (χ4n) is 1.80. The molecule has 0 aliphatic carbocycles. The van der Waals surface area contributed by atoms with Crippen molar-refractivity contribution >= 4 is 33.5 Å². The highest BCUT2D eigenvalue weighted by Crippen LogP contribution is 2.20. The summed E-state index contributed by atoms with van der Waals surface area (Å²) in [6.07, 6.45) is 3.10. The molecular weight excluding hydrogens is 334 g/mol. The number of carbonyl (C=O) groups excluding carboxylic acids is 1. The van der Waals surface area contributed by atoms with Gasteiger partial charge in [-0.05, 0) is 30.7 Å². The van der Waals surface area contributed by atoms with Gasteiger partial charge in [0.1, 0.15) is 0 Å². The van der Waals surface area contributed by atoms with Crippen molar-refractivity contribution in [1.29, 1.82) is 0 Å². The lowest BCUT2D eigenvalue weighted by molar-refractivity contribution is -0.385. The third kappa shape index (κ3) is 3.86. The normalized spacial score (nSPS) is 10.8. The lowest BCUT2D eigenvalue weighted by atomic mass is 10.1. The third-order valence-electron chi connectivity index (χ3n) is 2.99. The van der Waals surface area contributed by atoms with Gasteiger partial charge in [0.15, 0.2) is 5.78 Å². The molecule has 0 aliphatic rings. The number of hydrogen-bond acceptors (Lipinski definition) is 3. The van der Waals surface area contributed by atoms with E-state index in [1.165, 1.54) is 12.1 Å². The van der Waals surface area contributed by atoms with Gasteiger partial charge in [0.05, 0.1) is 4.92 Å². The van der Waals surface area contributed by atoms with Gasteiger partial charge in [-0.15, -0.1) is 0 Å². The second kappa shape index (κ2) is 6.45. The Balaban J connectivity index is 2.22. The average molecular weight is 346 g/mol. The van der Waals surface area contributed by atoms with E-state index < -0.39 is 4.92 Å². The monoisotopic (exact) mass is 345 g/mol. The van der Waals surface area contributed by atoms with Crippen LogP contribution in [0.2, 0.25) is 0 Å². The number of nitrogens with zero attached hydrogens (tertiary/aromatic N) is 1. The lowest BCUT2D eigenvalue weighted by Crippen LogP contribution is -1.98. The van der Waals surface area contributed by atoms with Crippen LogP contribution in [0.3, 0.4) is 0 Å². The molecule has 2 aromatic carbocycles. The molecule has 2 rings (SSSR count). The molecule has 0 bridgehead atoms. The van der Waals surface area contributed by atoms with Gasteiger partial charge in [0.25, 0.3) is 5.69 Å². The summed E-state index contributed by atoms with van der Waals surface area (Å²) in [5.41, 5.74) is 1.68. The predicted molar refractivity (Wildman–Crippen MR) is 85.3 cm³/mol. The zero-order valence-corrected chi connectivity index (χ0v) is 12.8. The number of nitro benzene ring substituents is 1. The van der Waals surface area contributed by atoms with Crippen molar-refractivity contribution in [3.8, 4) is 0 Å². The van der Waals surface area contributed by atoms with Gasteiger partial charge in [-0.3, -0.25) is 14.9 Å². The summed E-state index contributed by atoms with van der Waals surface area (Å²) in [4.78, 5) is 22.5. The van der Waals surface area contributed by atoms with E-state index in [0.29, 0.717) is 11.1 Å². The molecule has 21 heavy (non-hydrogen) atoms. The summed E-state index contributed by atoms with van der Waals surface area (Å²) in [5, 5.41) is 10.9. The van der Waals surface area contributed by atoms with Crippen LogP contribution < -0.4 is 0 Å². The van der Waals surface area contributed by atoms with E-state index in [9.17, 15) is 14.9 Å². The summed E-state index contributed by atoms with van der Waals surface area (Å²) in [6.45, 7) is 1.64. The molecule has 4 nitrogen and oxygen atoms in total. The second-order valence-electron chi connectivity index (χ2n) is 4.51. The first kappa shape index (κ1) is 15.1. The Labute approximate surface area is 130 Å². The summed E-state index contributed by atoms with van der Waals surface area (Å²) >= 11 is 3.34. The van der Waals surface area contributed by atoms with Gasteiger partial charge in [-0.25, -0.2) is 0 Å². The zero-order chi connectivity index (χ0) is 15.4. The standard InChI is InChI=1S/C16H12BrNO3/c1-11-2-6-13(10-15(11)18(20)21)16(19)9-5-12-3-7-14(17)8-4-12/h2-10H,1H3/b9-5+. The smallest absolute Gasteiger partial charge is 0.273 e. The molecule has 0 saturated carbocycles. The third-order valence-corrected chi connectivity index (χ3v) is 3.52. The maximum Gasteiger partial charge on any atom is 0.273 e. The van der Waals surface area contributed by atoms with Crippen molar-refractivity contribution in [2.75, 3.05) is 0 Å². The van der Waals surface area contributed by atoms with Crippen molar-refractivity contribution in [3.63, 3.8) is 0 Å². The Hall–Kier alpha value is -2.27. The summed E-state index contributed by atoms with van der Waals surface area (Å²) in [5.74, 6) is -0.263. The first-order valence-electron chi connectivity index (χ1n) is 6.20. The fraction of sp³-hybridized carbons (Fsp3) is 0.0625. The van der Waals surface area contributed by atoms with Crippen molar-refractivity contribution < 1.29 is 9.72 Å². The molecule has 0 N–H and O–H groups in total. The number of allylic oxidation sites excluding steroid dienone is 1. The lowest BCUT2D eigenvalue weighted by Gasteiger charge is -2.00. The maximum absolute atomic E-state index is 12.1. The van der Waals surface area contributed by atoms with Gasteiger partial charge in [-0.1, -0.05) is 46.3 Å². The maximum atomic E-state index is 12.1. The summed E-state index contributed by atoms with van der Waals surface area (Å²) in [7, 11) is 0. The van der Waals surface area contributed by atoms with Crippen molar-refractivity contribution in [1.82, 2.24) is 0 Å². The molecule has 0 spiro atoms. The predicted octanol–water partition coefficient (Wildman–Crippen LogP) is 4.56. The van der Waals surface area contributed by atoms with E-state index >= 15 is 0 Å².